The molecule has 3 aromatic rings. The highest BCUT2D eigenvalue weighted by Crippen LogP contribution is 2.60. The summed E-state index contributed by atoms with van der Waals surface area (Å²) in [5.74, 6) is 1.76. The van der Waals surface area contributed by atoms with E-state index in [1.165, 1.54) is 12.1 Å². The SMILES string of the molecule is O=C1CCc2c(Oc3ccc4c(c3)[C@H]3[C@H](CC(=O)c5ccc(CN6CCC[C@@H](O)C6)c(C(F)(F)F)c5)[C@H]3O4)ccnc2N1. The number of Topliss-reactive ketones (excluding diaryl/α,β-unsaturated/α-hetero) is 1. The second kappa shape index (κ2) is 10.6. The van der Waals surface area contributed by atoms with Crippen molar-refractivity contribution in [1.82, 2.24) is 9.88 Å². The molecule has 8 nitrogen and oxygen atoms in total. The summed E-state index contributed by atoms with van der Waals surface area (Å²) < 4.78 is 54.3. The van der Waals surface area contributed by atoms with Crippen molar-refractivity contribution in [2.45, 2.75) is 63.0 Å². The lowest BCUT2D eigenvalue weighted by atomic mass is 9.96. The second-order valence-electron chi connectivity index (χ2n) is 11.8. The van der Waals surface area contributed by atoms with E-state index in [9.17, 15) is 27.9 Å². The van der Waals surface area contributed by atoms with Crippen LogP contribution in [0.4, 0.5) is 19.0 Å². The summed E-state index contributed by atoms with van der Waals surface area (Å²) in [7, 11) is 0. The average Bonchev–Trinajstić information content (AvgIpc) is 3.48. The zero-order valence-corrected chi connectivity index (χ0v) is 23.2. The number of benzene rings is 2. The molecule has 1 aliphatic carbocycles. The zero-order valence-electron chi connectivity index (χ0n) is 23.2. The quantitative estimate of drug-likeness (QED) is 0.350. The first kappa shape index (κ1) is 27.8. The van der Waals surface area contributed by atoms with Crippen molar-refractivity contribution < 1.29 is 37.3 Å². The molecule has 224 valence electrons. The van der Waals surface area contributed by atoms with Crippen LogP contribution in [0.25, 0.3) is 0 Å². The summed E-state index contributed by atoms with van der Waals surface area (Å²) in [6.07, 6.45) is -1.45. The van der Waals surface area contributed by atoms with E-state index in [-0.39, 0.29) is 53.7 Å². The van der Waals surface area contributed by atoms with E-state index in [1.54, 1.807) is 18.3 Å². The molecule has 0 unspecified atom stereocenters. The highest BCUT2D eigenvalue weighted by Gasteiger charge is 2.59. The van der Waals surface area contributed by atoms with Crippen LogP contribution in [0.5, 0.6) is 17.2 Å². The summed E-state index contributed by atoms with van der Waals surface area (Å²) in [6, 6.07) is 11.1. The van der Waals surface area contributed by atoms with Crippen molar-refractivity contribution in [2.24, 2.45) is 5.92 Å². The topological polar surface area (TPSA) is 101 Å². The molecule has 2 aromatic carbocycles. The largest absolute Gasteiger partial charge is 0.489 e. The van der Waals surface area contributed by atoms with Crippen LogP contribution in [-0.4, -0.2) is 52.0 Å². The van der Waals surface area contributed by atoms with E-state index in [0.717, 1.165) is 23.6 Å². The number of alkyl halides is 3. The third kappa shape index (κ3) is 5.47. The number of anilines is 1. The van der Waals surface area contributed by atoms with Gasteiger partial charge in [-0.3, -0.25) is 14.5 Å². The van der Waals surface area contributed by atoms with Gasteiger partial charge in [-0.25, -0.2) is 4.98 Å². The van der Waals surface area contributed by atoms with Crippen molar-refractivity contribution in [2.75, 3.05) is 18.4 Å². The molecular weight excluding hydrogens is 563 g/mol. The van der Waals surface area contributed by atoms with Gasteiger partial charge in [0, 0.05) is 60.7 Å². The highest BCUT2D eigenvalue weighted by molar-refractivity contribution is 5.97. The number of carbonyl (C=O) groups excluding carboxylic acids is 2. The minimum absolute atomic E-state index is 0.0339. The van der Waals surface area contributed by atoms with Crippen LogP contribution >= 0.6 is 0 Å². The predicted molar refractivity (Wildman–Crippen MR) is 149 cm³/mol. The summed E-state index contributed by atoms with van der Waals surface area (Å²) in [5.41, 5.74) is 1.06. The van der Waals surface area contributed by atoms with Gasteiger partial charge < -0.3 is 19.9 Å². The number of ketones is 1. The van der Waals surface area contributed by atoms with Crippen LogP contribution in [0.2, 0.25) is 0 Å². The van der Waals surface area contributed by atoms with Crippen molar-refractivity contribution in [1.29, 1.82) is 0 Å². The van der Waals surface area contributed by atoms with Crippen molar-refractivity contribution >= 4 is 17.5 Å². The first-order chi connectivity index (χ1) is 20.6. The number of likely N-dealkylation sites (tertiary alicyclic amines) is 1. The van der Waals surface area contributed by atoms with E-state index >= 15 is 0 Å². The van der Waals surface area contributed by atoms with Crippen molar-refractivity contribution in [3.63, 3.8) is 0 Å². The molecule has 1 saturated carbocycles. The number of aromatic nitrogens is 1. The van der Waals surface area contributed by atoms with Gasteiger partial charge in [-0.1, -0.05) is 12.1 Å². The maximum Gasteiger partial charge on any atom is 0.416 e. The summed E-state index contributed by atoms with van der Waals surface area (Å²) in [5, 5.41) is 12.7. The Morgan fingerprint density at radius 1 is 1.16 bits per heavy atom. The van der Waals surface area contributed by atoms with Crippen LogP contribution in [-0.2, 0) is 23.9 Å². The van der Waals surface area contributed by atoms with E-state index < -0.39 is 17.8 Å². The van der Waals surface area contributed by atoms with E-state index in [2.05, 4.69) is 10.3 Å². The zero-order chi connectivity index (χ0) is 29.9. The van der Waals surface area contributed by atoms with Gasteiger partial charge in [0.1, 0.15) is 29.2 Å². The normalized spacial score (nSPS) is 24.3. The molecule has 4 heterocycles. The molecule has 43 heavy (non-hydrogen) atoms. The van der Waals surface area contributed by atoms with Gasteiger partial charge in [0.15, 0.2) is 5.78 Å². The maximum atomic E-state index is 14.0. The van der Waals surface area contributed by atoms with E-state index in [0.29, 0.717) is 55.4 Å². The molecule has 2 N–H and O–H groups in total. The summed E-state index contributed by atoms with van der Waals surface area (Å²) in [4.78, 5) is 31.0. The van der Waals surface area contributed by atoms with Crippen LogP contribution in [0.3, 0.4) is 0 Å². The monoisotopic (exact) mass is 593 g/mol. The molecule has 7 rings (SSSR count). The van der Waals surface area contributed by atoms with Crippen LogP contribution < -0.4 is 14.8 Å². The number of hydrogen-bond acceptors (Lipinski definition) is 7. The highest BCUT2D eigenvalue weighted by atomic mass is 19.4. The molecule has 1 amide bonds. The standard InChI is InChI=1S/C32H30F3N3O5/c33-32(34,35)24-12-17(3-4-18(24)15-38-11-1-2-19(39)16-38)25(40)14-23-29-22-13-20(5-7-26(22)43-30(23)29)42-27-9-10-36-31-21(27)6-8-28(41)37-31/h3-5,7,9-10,12-13,19,23,29-30,39H,1-2,6,8,11,14-16H2,(H,36,37,41)/t19-,23+,29+,30-/m1/s1. The third-order valence-electron chi connectivity index (χ3n) is 8.83. The third-order valence-corrected chi connectivity index (χ3v) is 8.83. The Balaban J connectivity index is 1.05. The van der Waals surface area contributed by atoms with Gasteiger partial charge in [-0.15, -0.1) is 0 Å². The first-order valence-corrected chi connectivity index (χ1v) is 14.5. The maximum absolute atomic E-state index is 14.0. The van der Waals surface area contributed by atoms with Gasteiger partial charge in [0.05, 0.1) is 11.7 Å². The number of carbonyl (C=O) groups is 2. The fourth-order valence-electron chi connectivity index (χ4n) is 6.64. The number of pyridine rings is 1. The van der Waals surface area contributed by atoms with Crippen molar-refractivity contribution in [3.8, 4) is 17.2 Å². The minimum atomic E-state index is -4.60. The Labute approximate surface area is 245 Å². The Morgan fingerprint density at radius 3 is 2.84 bits per heavy atom. The number of halogens is 3. The lowest BCUT2D eigenvalue weighted by Gasteiger charge is -2.30. The first-order valence-electron chi connectivity index (χ1n) is 14.5. The van der Waals surface area contributed by atoms with Crippen LogP contribution in [0.1, 0.15) is 64.2 Å². The van der Waals surface area contributed by atoms with Gasteiger partial charge in [0.2, 0.25) is 5.91 Å². The van der Waals surface area contributed by atoms with Crippen molar-refractivity contribution in [3.05, 3.63) is 76.5 Å². The smallest absolute Gasteiger partial charge is 0.416 e. The number of nitrogens with one attached hydrogen (secondary N) is 1. The number of fused-ring (bicyclic) bond motifs is 4. The molecule has 3 aliphatic heterocycles. The molecule has 11 heteroatoms. The van der Waals surface area contributed by atoms with Crippen LogP contribution in [0.15, 0.2) is 48.7 Å². The predicted octanol–water partition coefficient (Wildman–Crippen LogP) is 5.48. The number of nitrogens with zero attached hydrogens (tertiary/aromatic N) is 2. The second-order valence-corrected chi connectivity index (χ2v) is 11.8. The summed E-state index contributed by atoms with van der Waals surface area (Å²) >= 11 is 0. The molecule has 0 bridgehead atoms. The van der Waals surface area contributed by atoms with Crippen LogP contribution in [0, 0.1) is 5.92 Å². The van der Waals surface area contributed by atoms with E-state index in [4.69, 9.17) is 9.47 Å². The molecule has 0 spiro atoms. The number of aliphatic hydroxyl groups excluding tert-OH is 1. The number of amides is 1. The number of aliphatic hydroxyl groups is 1. The molecular formula is C32H30F3N3O5. The Morgan fingerprint density at radius 2 is 2.02 bits per heavy atom. The molecule has 4 aliphatic rings. The van der Waals surface area contributed by atoms with E-state index in [1.807, 2.05) is 17.0 Å². The van der Waals surface area contributed by atoms with Gasteiger partial charge >= 0.3 is 6.18 Å². The molecule has 0 radical (unpaired) electrons. The number of piperidine rings is 1. The van der Waals surface area contributed by atoms with Gasteiger partial charge in [-0.2, -0.15) is 13.2 Å². The lowest BCUT2D eigenvalue weighted by molar-refractivity contribution is -0.138. The average molecular weight is 594 g/mol. The molecule has 4 atom stereocenters. The number of rotatable bonds is 7. The number of β-amino-alcohol motifs (C(OH)–C–C–N with tert-alkyl or cyclic N) is 1. The Bertz CT molecular complexity index is 1610. The molecule has 1 saturated heterocycles. The Hall–Kier alpha value is -3.96. The molecule has 1 aromatic heterocycles. The fourth-order valence-corrected chi connectivity index (χ4v) is 6.64. The fraction of sp³-hybridized carbons (Fsp3) is 0.406. The van der Waals surface area contributed by atoms with Gasteiger partial charge in [0.25, 0.3) is 0 Å². The number of hydrogen-bond donors (Lipinski definition) is 2. The summed E-state index contributed by atoms with van der Waals surface area (Å²) in [6.45, 7) is 1.02. The lowest BCUT2D eigenvalue weighted by Crippen LogP contribution is -2.38. The minimum Gasteiger partial charge on any atom is -0.489 e. The number of ether oxygens (including phenoxy) is 2. The molecule has 2 fully saturated rings. The van der Waals surface area contributed by atoms with Gasteiger partial charge in [-0.05, 0) is 61.7 Å². The Kier molecular flexibility index (Phi) is 6.89.